The summed E-state index contributed by atoms with van der Waals surface area (Å²) < 4.78 is 0. The van der Waals surface area contributed by atoms with E-state index in [1.54, 1.807) is 11.3 Å². The maximum atomic E-state index is 12.0. The molecule has 2 rings (SSSR count). The molecule has 0 aromatic carbocycles. The minimum absolute atomic E-state index is 0.189. The van der Waals surface area contributed by atoms with Gasteiger partial charge in [-0.3, -0.25) is 4.79 Å². The van der Waals surface area contributed by atoms with E-state index in [-0.39, 0.29) is 11.3 Å². The van der Waals surface area contributed by atoms with Crippen LogP contribution in [-0.4, -0.2) is 22.3 Å². The van der Waals surface area contributed by atoms with Crippen molar-refractivity contribution >= 4 is 28.8 Å². The third-order valence-electron chi connectivity index (χ3n) is 3.50. The topological polar surface area (TPSA) is 33.2 Å². The van der Waals surface area contributed by atoms with Crippen molar-refractivity contribution < 1.29 is 4.79 Å². The Balaban J connectivity index is 2.00. The van der Waals surface area contributed by atoms with E-state index >= 15 is 0 Å². The average molecular weight is 287 g/mol. The van der Waals surface area contributed by atoms with Crippen LogP contribution in [0.3, 0.4) is 0 Å². The molecule has 1 saturated heterocycles. The SMILES string of the molecule is CC(C)(C)C1CC(=O)N(Cc2nc(CCl)cs2)C1. The van der Waals surface area contributed by atoms with Gasteiger partial charge in [0.1, 0.15) is 5.01 Å². The summed E-state index contributed by atoms with van der Waals surface area (Å²) in [6.07, 6.45) is 0.664. The fraction of sp³-hybridized carbons (Fsp3) is 0.692. The Labute approximate surface area is 117 Å². The van der Waals surface area contributed by atoms with Crippen molar-refractivity contribution in [2.24, 2.45) is 11.3 Å². The Morgan fingerprint density at radius 3 is 2.78 bits per heavy atom. The number of rotatable bonds is 3. The number of thiazole rings is 1. The minimum Gasteiger partial charge on any atom is -0.336 e. The summed E-state index contributed by atoms with van der Waals surface area (Å²) in [6.45, 7) is 8.07. The van der Waals surface area contributed by atoms with Gasteiger partial charge < -0.3 is 4.90 Å². The molecule has 1 amide bonds. The number of likely N-dealkylation sites (tertiary alicyclic amines) is 1. The molecule has 1 atom stereocenters. The van der Waals surface area contributed by atoms with Crippen LogP contribution < -0.4 is 0 Å². The fourth-order valence-electron chi connectivity index (χ4n) is 2.15. The molecule has 0 saturated carbocycles. The van der Waals surface area contributed by atoms with Crippen LogP contribution >= 0.6 is 22.9 Å². The Morgan fingerprint density at radius 2 is 2.28 bits per heavy atom. The summed E-state index contributed by atoms with van der Waals surface area (Å²) in [5, 5.41) is 2.94. The second kappa shape index (κ2) is 5.17. The lowest BCUT2D eigenvalue weighted by Gasteiger charge is -2.26. The van der Waals surface area contributed by atoms with Crippen molar-refractivity contribution in [3.8, 4) is 0 Å². The van der Waals surface area contributed by atoms with E-state index in [4.69, 9.17) is 11.6 Å². The zero-order valence-electron chi connectivity index (χ0n) is 11.1. The highest BCUT2D eigenvalue weighted by Crippen LogP contribution is 2.34. The van der Waals surface area contributed by atoms with Gasteiger partial charge in [-0.1, -0.05) is 20.8 Å². The molecule has 1 aliphatic rings. The summed E-state index contributed by atoms with van der Waals surface area (Å²) in [7, 11) is 0. The van der Waals surface area contributed by atoms with Gasteiger partial charge in [-0.2, -0.15) is 0 Å². The molecule has 2 heterocycles. The van der Waals surface area contributed by atoms with Gasteiger partial charge in [0.2, 0.25) is 5.91 Å². The molecule has 1 aliphatic heterocycles. The van der Waals surface area contributed by atoms with E-state index in [2.05, 4.69) is 25.8 Å². The maximum absolute atomic E-state index is 12.0. The molecule has 5 heteroatoms. The zero-order valence-corrected chi connectivity index (χ0v) is 12.6. The van der Waals surface area contributed by atoms with Gasteiger partial charge in [-0.25, -0.2) is 4.98 Å². The Kier molecular flexibility index (Phi) is 3.97. The normalized spacial score (nSPS) is 20.8. The molecule has 1 aromatic heterocycles. The van der Waals surface area contributed by atoms with Gasteiger partial charge in [0.05, 0.1) is 18.1 Å². The first-order chi connectivity index (χ1) is 8.40. The minimum atomic E-state index is 0.189. The number of carbonyl (C=O) groups is 1. The fourth-order valence-corrected chi connectivity index (χ4v) is 3.19. The quantitative estimate of drug-likeness (QED) is 0.799. The van der Waals surface area contributed by atoms with Crippen LogP contribution in [0.5, 0.6) is 0 Å². The van der Waals surface area contributed by atoms with Gasteiger partial charge in [0.15, 0.2) is 0 Å². The lowest BCUT2D eigenvalue weighted by atomic mass is 9.80. The highest BCUT2D eigenvalue weighted by molar-refractivity contribution is 7.09. The molecule has 0 radical (unpaired) electrons. The van der Waals surface area contributed by atoms with Crippen LogP contribution in [0.2, 0.25) is 0 Å². The number of nitrogens with zero attached hydrogens (tertiary/aromatic N) is 2. The van der Waals surface area contributed by atoms with Crippen LogP contribution in [0.4, 0.5) is 0 Å². The molecule has 1 unspecified atom stereocenters. The summed E-state index contributed by atoms with van der Waals surface area (Å²) in [5.74, 6) is 1.13. The van der Waals surface area contributed by atoms with Crippen molar-refractivity contribution in [1.29, 1.82) is 0 Å². The van der Waals surface area contributed by atoms with Gasteiger partial charge in [0, 0.05) is 18.3 Å². The van der Waals surface area contributed by atoms with Gasteiger partial charge >= 0.3 is 0 Å². The van der Waals surface area contributed by atoms with Crippen LogP contribution in [0.25, 0.3) is 0 Å². The molecular formula is C13H19ClN2OS. The number of alkyl halides is 1. The van der Waals surface area contributed by atoms with E-state index in [0.29, 0.717) is 24.8 Å². The van der Waals surface area contributed by atoms with E-state index in [1.165, 1.54) is 0 Å². The molecule has 0 N–H and O–H groups in total. The highest BCUT2D eigenvalue weighted by atomic mass is 35.5. The van der Waals surface area contributed by atoms with Gasteiger partial charge in [0.25, 0.3) is 0 Å². The number of carbonyl (C=O) groups excluding carboxylic acids is 1. The predicted octanol–water partition coefficient (Wildman–Crippen LogP) is 3.28. The van der Waals surface area contributed by atoms with Crippen molar-refractivity contribution in [1.82, 2.24) is 9.88 Å². The van der Waals surface area contributed by atoms with Crippen molar-refractivity contribution in [2.45, 2.75) is 39.6 Å². The van der Waals surface area contributed by atoms with Crippen molar-refractivity contribution in [3.05, 3.63) is 16.1 Å². The average Bonchev–Trinajstić information content (AvgIpc) is 2.86. The number of aromatic nitrogens is 1. The first kappa shape index (κ1) is 13.8. The van der Waals surface area contributed by atoms with E-state index in [0.717, 1.165) is 17.2 Å². The number of hydrogen-bond acceptors (Lipinski definition) is 3. The van der Waals surface area contributed by atoms with Gasteiger partial charge in [-0.05, 0) is 11.3 Å². The molecule has 1 aromatic rings. The van der Waals surface area contributed by atoms with E-state index in [9.17, 15) is 4.79 Å². The maximum Gasteiger partial charge on any atom is 0.223 e. The molecule has 0 spiro atoms. The molecule has 3 nitrogen and oxygen atoms in total. The van der Waals surface area contributed by atoms with Crippen LogP contribution in [0.15, 0.2) is 5.38 Å². The van der Waals surface area contributed by atoms with Crippen molar-refractivity contribution in [2.75, 3.05) is 6.54 Å². The van der Waals surface area contributed by atoms with E-state index in [1.807, 2.05) is 10.3 Å². The Hall–Kier alpha value is -0.610. The predicted molar refractivity (Wildman–Crippen MR) is 74.7 cm³/mol. The van der Waals surface area contributed by atoms with Crippen LogP contribution in [0.1, 0.15) is 37.9 Å². The number of hydrogen-bond donors (Lipinski definition) is 0. The van der Waals surface area contributed by atoms with Crippen LogP contribution in [0, 0.1) is 11.3 Å². The molecule has 0 aliphatic carbocycles. The van der Waals surface area contributed by atoms with Crippen LogP contribution in [-0.2, 0) is 17.2 Å². The monoisotopic (exact) mass is 286 g/mol. The van der Waals surface area contributed by atoms with Crippen molar-refractivity contribution in [3.63, 3.8) is 0 Å². The zero-order chi connectivity index (χ0) is 13.3. The standard InChI is InChI=1S/C13H19ClN2OS/c1-13(2,3)9-4-12(17)16(6-9)7-11-15-10(5-14)8-18-11/h8-9H,4-7H2,1-3H3. The first-order valence-electron chi connectivity index (χ1n) is 6.17. The third-order valence-corrected chi connectivity index (χ3v) is 4.66. The highest BCUT2D eigenvalue weighted by Gasteiger charge is 2.36. The molecule has 18 heavy (non-hydrogen) atoms. The summed E-state index contributed by atoms with van der Waals surface area (Å²) in [4.78, 5) is 18.3. The summed E-state index contributed by atoms with van der Waals surface area (Å²) in [6, 6.07) is 0. The number of amides is 1. The molecule has 0 bridgehead atoms. The van der Waals surface area contributed by atoms with E-state index < -0.39 is 0 Å². The Morgan fingerprint density at radius 1 is 1.56 bits per heavy atom. The number of halogens is 1. The molecule has 100 valence electrons. The lowest BCUT2D eigenvalue weighted by Crippen LogP contribution is -2.27. The second-order valence-electron chi connectivity index (χ2n) is 5.91. The molecular weight excluding hydrogens is 268 g/mol. The first-order valence-corrected chi connectivity index (χ1v) is 7.58. The summed E-state index contributed by atoms with van der Waals surface area (Å²) in [5.41, 5.74) is 1.09. The Bertz CT molecular complexity index is 438. The smallest absolute Gasteiger partial charge is 0.223 e. The molecule has 1 fully saturated rings. The summed E-state index contributed by atoms with van der Waals surface area (Å²) >= 11 is 7.31. The van der Waals surface area contributed by atoms with Gasteiger partial charge in [-0.15, -0.1) is 22.9 Å². The second-order valence-corrected chi connectivity index (χ2v) is 7.12. The lowest BCUT2D eigenvalue weighted by molar-refractivity contribution is -0.128. The largest absolute Gasteiger partial charge is 0.336 e. The third kappa shape index (κ3) is 3.04.